The Hall–Kier alpha value is -3.36. The van der Waals surface area contributed by atoms with E-state index in [9.17, 15) is 9.59 Å². The average Bonchev–Trinajstić information content (AvgIpc) is 2.85. The van der Waals surface area contributed by atoms with Crippen LogP contribution in [0.4, 0.5) is 0 Å². The lowest BCUT2D eigenvalue weighted by Gasteiger charge is -2.13. The minimum Gasteiger partial charge on any atom is -0.494 e. The number of esters is 1. The first-order valence-electron chi connectivity index (χ1n) is 10.9. The molecule has 3 rings (SSSR count). The summed E-state index contributed by atoms with van der Waals surface area (Å²) in [6, 6.07) is 18.5. The Kier molecular flexibility index (Phi) is 9.69. The van der Waals surface area contributed by atoms with E-state index in [0.717, 1.165) is 10.9 Å². The van der Waals surface area contributed by atoms with Crippen molar-refractivity contribution >= 4 is 45.6 Å². The van der Waals surface area contributed by atoms with Gasteiger partial charge in [0.25, 0.3) is 5.91 Å². The maximum Gasteiger partial charge on any atom is 0.343 e. The van der Waals surface area contributed by atoms with Gasteiger partial charge in [0.1, 0.15) is 17.2 Å². The highest BCUT2D eigenvalue weighted by atomic mass is 79.9. The molecule has 9 heteroatoms. The predicted octanol–water partition coefficient (Wildman–Crippen LogP) is 6.03. The highest BCUT2D eigenvalue weighted by molar-refractivity contribution is 9.10. The van der Waals surface area contributed by atoms with Crippen molar-refractivity contribution in [2.24, 2.45) is 5.10 Å². The number of hydrogen-bond donors (Lipinski definition) is 1. The molecule has 0 saturated carbocycles. The Bertz CT molecular complexity index is 1180. The smallest absolute Gasteiger partial charge is 0.343 e. The highest BCUT2D eigenvalue weighted by Crippen LogP contribution is 2.23. The number of ether oxygens (including phenoxy) is 3. The average molecular weight is 560 g/mol. The summed E-state index contributed by atoms with van der Waals surface area (Å²) < 4.78 is 17.4. The van der Waals surface area contributed by atoms with E-state index in [1.807, 2.05) is 6.92 Å². The molecule has 0 fully saturated rings. The van der Waals surface area contributed by atoms with Crippen LogP contribution in [0.2, 0.25) is 5.02 Å². The molecule has 0 bridgehead atoms. The minimum absolute atomic E-state index is 0.285. The lowest BCUT2D eigenvalue weighted by Crippen LogP contribution is -2.33. The van der Waals surface area contributed by atoms with E-state index in [1.54, 1.807) is 73.7 Å². The molecule has 1 unspecified atom stereocenters. The van der Waals surface area contributed by atoms with Gasteiger partial charge in [0, 0.05) is 15.1 Å². The van der Waals surface area contributed by atoms with Crippen molar-refractivity contribution < 1.29 is 23.8 Å². The van der Waals surface area contributed by atoms with Crippen molar-refractivity contribution in [2.75, 3.05) is 6.61 Å². The Balaban J connectivity index is 1.62. The number of nitrogens with zero attached hydrogens (tertiary/aromatic N) is 1. The van der Waals surface area contributed by atoms with E-state index < -0.39 is 18.0 Å². The lowest BCUT2D eigenvalue weighted by atomic mass is 10.2. The summed E-state index contributed by atoms with van der Waals surface area (Å²) in [5.74, 6) is 0.498. The van der Waals surface area contributed by atoms with Crippen LogP contribution < -0.4 is 19.6 Å². The summed E-state index contributed by atoms with van der Waals surface area (Å²) in [7, 11) is 0. The Labute approximate surface area is 217 Å². The predicted molar refractivity (Wildman–Crippen MR) is 139 cm³/mol. The SMILES string of the molecule is CCCOc1ccc(C(=O)Oc2ccc(Br)cc2/C=N/NC(=O)C(C)Oc2ccc(Cl)cc2)cc1. The molecule has 0 radical (unpaired) electrons. The molecule has 0 aromatic heterocycles. The molecule has 0 spiro atoms. The van der Waals surface area contributed by atoms with Gasteiger partial charge in [-0.1, -0.05) is 34.5 Å². The maximum absolute atomic E-state index is 12.6. The number of rotatable bonds is 10. The molecule has 1 atom stereocenters. The number of amides is 1. The second-order valence-corrected chi connectivity index (χ2v) is 8.74. The minimum atomic E-state index is -0.794. The molecule has 35 heavy (non-hydrogen) atoms. The van der Waals surface area contributed by atoms with E-state index >= 15 is 0 Å². The van der Waals surface area contributed by atoms with Crippen LogP contribution in [0.3, 0.4) is 0 Å². The van der Waals surface area contributed by atoms with Crippen LogP contribution in [0.15, 0.2) is 76.3 Å². The second-order valence-electron chi connectivity index (χ2n) is 7.39. The molecular weight excluding hydrogens is 536 g/mol. The van der Waals surface area contributed by atoms with E-state index in [1.165, 1.54) is 6.21 Å². The van der Waals surface area contributed by atoms with E-state index in [-0.39, 0.29) is 5.75 Å². The van der Waals surface area contributed by atoms with E-state index in [2.05, 4.69) is 26.5 Å². The zero-order chi connectivity index (χ0) is 25.2. The van der Waals surface area contributed by atoms with Gasteiger partial charge in [-0.15, -0.1) is 0 Å². The van der Waals surface area contributed by atoms with Gasteiger partial charge < -0.3 is 14.2 Å². The molecule has 3 aromatic rings. The van der Waals surface area contributed by atoms with Gasteiger partial charge in [0.2, 0.25) is 0 Å². The van der Waals surface area contributed by atoms with Crippen LogP contribution in [0.5, 0.6) is 17.2 Å². The van der Waals surface area contributed by atoms with Gasteiger partial charge in [-0.3, -0.25) is 4.79 Å². The first-order valence-corrected chi connectivity index (χ1v) is 12.0. The monoisotopic (exact) mass is 558 g/mol. The number of benzene rings is 3. The lowest BCUT2D eigenvalue weighted by molar-refractivity contribution is -0.127. The van der Waals surface area contributed by atoms with Gasteiger partial charge >= 0.3 is 5.97 Å². The van der Waals surface area contributed by atoms with Crippen molar-refractivity contribution in [3.63, 3.8) is 0 Å². The van der Waals surface area contributed by atoms with Crippen molar-refractivity contribution in [1.82, 2.24) is 5.43 Å². The van der Waals surface area contributed by atoms with Crippen molar-refractivity contribution in [3.8, 4) is 17.2 Å². The summed E-state index contributed by atoms with van der Waals surface area (Å²) in [6.07, 6.45) is 1.49. The van der Waals surface area contributed by atoms with Gasteiger partial charge in [-0.25, -0.2) is 10.2 Å². The fraction of sp³-hybridized carbons (Fsp3) is 0.192. The summed E-state index contributed by atoms with van der Waals surface area (Å²) in [5, 5.41) is 4.56. The van der Waals surface area contributed by atoms with Gasteiger partial charge in [-0.2, -0.15) is 5.10 Å². The molecule has 0 aliphatic carbocycles. The number of hydrazone groups is 1. The Morgan fingerprint density at radius 2 is 1.74 bits per heavy atom. The summed E-state index contributed by atoms with van der Waals surface area (Å²) in [6.45, 7) is 4.23. The highest BCUT2D eigenvalue weighted by Gasteiger charge is 2.15. The van der Waals surface area contributed by atoms with Crippen LogP contribution in [-0.2, 0) is 4.79 Å². The molecule has 7 nitrogen and oxygen atoms in total. The summed E-state index contributed by atoms with van der Waals surface area (Å²) >= 11 is 9.25. The number of nitrogens with one attached hydrogen (secondary N) is 1. The molecule has 0 saturated heterocycles. The third kappa shape index (κ3) is 8.12. The molecule has 1 amide bonds. The number of halogens is 2. The molecule has 3 aromatic carbocycles. The van der Waals surface area contributed by atoms with Gasteiger partial charge in [-0.05, 0) is 80.1 Å². The Morgan fingerprint density at radius 1 is 1.06 bits per heavy atom. The first-order chi connectivity index (χ1) is 16.9. The number of carbonyl (C=O) groups is 2. The normalized spacial score (nSPS) is 11.7. The van der Waals surface area contributed by atoms with Crippen LogP contribution in [0.1, 0.15) is 36.2 Å². The maximum atomic E-state index is 12.6. The van der Waals surface area contributed by atoms with Crippen molar-refractivity contribution in [2.45, 2.75) is 26.4 Å². The molecule has 0 aliphatic heterocycles. The van der Waals surface area contributed by atoms with Crippen LogP contribution in [0.25, 0.3) is 0 Å². The molecule has 1 N–H and O–H groups in total. The van der Waals surface area contributed by atoms with Crippen molar-refractivity contribution in [3.05, 3.63) is 87.4 Å². The van der Waals surface area contributed by atoms with E-state index in [4.69, 9.17) is 25.8 Å². The topological polar surface area (TPSA) is 86.2 Å². The van der Waals surface area contributed by atoms with Gasteiger partial charge in [0.05, 0.1) is 18.4 Å². The van der Waals surface area contributed by atoms with Crippen molar-refractivity contribution in [1.29, 1.82) is 0 Å². The third-order valence-electron chi connectivity index (χ3n) is 4.61. The zero-order valence-electron chi connectivity index (χ0n) is 19.2. The summed E-state index contributed by atoms with van der Waals surface area (Å²) in [4.78, 5) is 25.0. The van der Waals surface area contributed by atoms with E-state index in [0.29, 0.717) is 34.3 Å². The fourth-order valence-electron chi connectivity index (χ4n) is 2.81. The largest absolute Gasteiger partial charge is 0.494 e. The molecular formula is C26H24BrClN2O5. The zero-order valence-corrected chi connectivity index (χ0v) is 21.5. The number of carbonyl (C=O) groups excluding carboxylic acids is 2. The van der Waals surface area contributed by atoms with Crippen LogP contribution >= 0.6 is 27.5 Å². The fourth-order valence-corrected chi connectivity index (χ4v) is 3.31. The molecule has 0 heterocycles. The second kappa shape index (κ2) is 12.9. The molecule has 0 aliphatic rings. The Morgan fingerprint density at radius 3 is 2.43 bits per heavy atom. The first kappa shape index (κ1) is 26.2. The standard InChI is InChI=1S/C26H24BrClN2O5/c1-3-14-33-22-9-4-18(5-10-22)26(32)35-24-13-6-20(27)15-19(24)16-29-30-25(31)17(2)34-23-11-7-21(28)8-12-23/h4-13,15-17H,3,14H2,1-2H3,(H,30,31)/b29-16+. The molecule has 182 valence electrons. The third-order valence-corrected chi connectivity index (χ3v) is 5.36. The quantitative estimate of drug-likeness (QED) is 0.142. The summed E-state index contributed by atoms with van der Waals surface area (Å²) in [5.41, 5.74) is 3.29. The van der Waals surface area contributed by atoms with Crippen LogP contribution in [-0.4, -0.2) is 30.8 Å². The number of hydrogen-bond acceptors (Lipinski definition) is 6. The van der Waals surface area contributed by atoms with Crippen LogP contribution in [0, 0.1) is 0 Å². The van der Waals surface area contributed by atoms with Gasteiger partial charge in [0.15, 0.2) is 6.10 Å².